The fourth-order valence-corrected chi connectivity index (χ4v) is 2.19. The maximum Gasteiger partial charge on any atom is 0.390 e. The molecule has 1 amide bonds. The summed E-state index contributed by atoms with van der Waals surface area (Å²) >= 11 is 0. The topological polar surface area (TPSA) is 58.4 Å². The van der Waals surface area contributed by atoms with Gasteiger partial charge in [-0.15, -0.1) is 0 Å². The van der Waals surface area contributed by atoms with Crippen LogP contribution in [-0.4, -0.2) is 48.7 Å². The van der Waals surface area contributed by atoms with Gasteiger partial charge in [0.2, 0.25) is 5.91 Å². The molecule has 21 heavy (non-hydrogen) atoms. The second-order valence-electron chi connectivity index (χ2n) is 6.12. The number of hydrogen-bond acceptors (Lipinski definition) is 3. The minimum absolute atomic E-state index is 0.000825. The van der Waals surface area contributed by atoms with Crippen molar-refractivity contribution >= 4 is 5.91 Å². The highest BCUT2D eigenvalue weighted by atomic mass is 19.4. The molecule has 0 rings (SSSR count). The summed E-state index contributed by atoms with van der Waals surface area (Å²) < 4.78 is 36.3. The van der Waals surface area contributed by atoms with Gasteiger partial charge in [0.05, 0.1) is 12.0 Å². The van der Waals surface area contributed by atoms with E-state index < -0.39 is 24.0 Å². The molecular formula is C14H28F3N3O. The van der Waals surface area contributed by atoms with E-state index in [1.165, 1.54) is 0 Å². The third kappa shape index (κ3) is 9.68. The van der Waals surface area contributed by atoms with Crippen molar-refractivity contribution in [1.29, 1.82) is 0 Å². The molecule has 1 unspecified atom stereocenters. The molecule has 0 fully saturated rings. The van der Waals surface area contributed by atoms with Crippen LogP contribution in [0.2, 0.25) is 0 Å². The van der Waals surface area contributed by atoms with Crippen LogP contribution in [0.3, 0.4) is 0 Å². The first-order valence-corrected chi connectivity index (χ1v) is 7.29. The number of nitrogens with one attached hydrogen (secondary N) is 1. The molecule has 1 atom stereocenters. The van der Waals surface area contributed by atoms with E-state index in [0.717, 1.165) is 12.8 Å². The first-order valence-electron chi connectivity index (χ1n) is 7.29. The van der Waals surface area contributed by atoms with E-state index in [1.54, 1.807) is 18.9 Å². The monoisotopic (exact) mass is 311 g/mol. The van der Waals surface area contributed by atoms with Gasteiger partial charge in [0.1, 0.15) is 0 Å². The Labute approximate surface area is 125 Å². The smallest absolute Gasteiger partial charge is 0.368 e. The zero-order chi connectivity index (χ0) is 16.7. The van der Waals surface area contributed by atoms with Gasteiger partial charge in [0.15, 0.2) is 0 Å². The molecule has 7 heteroatoms. The molecule has 0 radical (unpaired) electrons. The largest absolute Gasteiger partial charge is 0.390 e. The third-order valence-electron chi connectivity index (χ3n) is 3.39. The summed E-state index contributed by atoms with van der Waals surface area (Å²) in [6.07, 6.45) is -2.86. The Balaban J connectivity index is 4.03. The van der Waals surface area contributed by atoms with Crippen molar-refractivity contribution in [2.24, 2.45) is 5.73 Å². The summed E-state index contributed by atoms with van der Waals surface area (Å²) in [5, 5.41) is 3.15. The minimum Gasteiger partial charge on any atom is -0.368 e. The molecule has 0 aliphatic carbocycles. The van der Waals surface area contributed by atoms with Crippen molar-refractivity contribution < 1.29 is 18.0 Å². The molecule has 0 aliphatic heterocycles. The number of alkyl halides is 3. The van der Waals surface area contributed by atoms with Gasteiger partial charge < -0.3 is 16.0 Å². The van der Waals surface area contributed by atoms with Gasteiger partial charge in [-0.3, -0.25) is 4.79 Å². The Morgan fingerprint density at radius 2 is 1.76 bits per heavy atom. The standard InChI is InChI=1S/C14H28F3N3O/c1-11(2)19-13(3,12(18)21)7-5-6-9-20(4)10-8-14(15,16)17/h11,19H,5-10H2,1-4H3,(H2,18,21). The number of unbranched alkanes of at least 4 members (excludes halogenated alkanes) is 1. The molecule has 0 saturated carbocycles. The van der Waals surface area contributed by atoms with Gasteiger partial charge in [-0.2, -0.15) is 13.2 Å². The molecule has 0 spiro atoms. The maximum atomic E-state index is 12.1. The van der Waals surface area contributed by atoms with Crippen LogP contribution in [0.5, 0.6) is 0 Å². The maximum absolute atomic E-state index is 12.1. The average Bonchev–Trinajstić information content (AvgIpc) is 2.30. The summed E-state index contributed by atoms with van der Waals surface area (Å²) in [4.78, 5) is 13.2. The van der Waals surface area contributed by atoms with E-state index in [2.05, 4.69) is 5.32 Å². The van der Waals surface area contributed by atoms with Crippen molar-refractivity contribution in [2.75, 3.05) is 20.1 Å². The predicted octanol–water partition coefficient (Wildman–Crippen LogP) is 2.28. The second kappa shape index (κ2) is 8.58. The van der Waals surface area contributed by atoms with Gasteiger partial charge in [0.25, 0.3) is 0 Å². The normalized spacial score (nSPS) is 15.5. The van der Waals surface area contributed by atoms with Gasteiger partial charge in [-0.05, 0) is 53.6 Å². The van der Waals surface area contributed by atoms with Crippen molar-refractivity contribution in [1.82, 2.24) is 10.2 Å². The molecule has 0 heterocycles. The van der Waals surface area contributed by atoms with Crippen LogP contribution in [0.1, 0.15) is 46.5 Å². The Hall–Kier alpha value is -0.820. The highest BCUT2D eigenvalue weighted by Gasteiger charge is 2.30. The Kier molecular flexibility index (Phi) is 8.25. The summed E-state index contributed by atoms with van der Waals surface area (Å²) in [6, 6.07) is 0.136. The molecule has 0 aromatic rings. The summed E-state index contributed by atoms with van der Waals surface area (Å²) in [6.45, 7) is 6.22. The van der Waals surface area contributed by atoms with Crippen LogP contribution < -0.4 is 11.1 Å². The van der Waals surface area contributed by atoms with E-state index in [0.29, 0.717) is 13.0 Å². The van der Waals surface area contributed by atoms with Gasteiger partial charge in [-0.1, -0.05) is 0 Å². The average molecular weight is 311 g/mol. The van der Waals surface area contributed by atoms with Crippen molar-refractivity contribution in [3.05, 3.63) is 0 Å². The number of primary amides is 1. The van der Waals surface area contributed by atoms with E-state index in [-0.39, 0.29) is 12.6 Å². The lowest BCUT2D eigenvalue weighted by molar-refractivity contribution is -0.137. The highest BCUT2D eigenvalue weighted by molar-refractivity contribution is 5.84. The van der Waals surface area contributed by atoms with Crippen LogP contribution in [0.15, 0.2) is 0 Å². The van der Waals surface area contributed by atoms with Crippen molar-refractivity contribution in [3.63, 3.8) is 0 Å². The summed E-state index contributed by atoms with van der Waals surface area (Å²) in [5.41, 5.74) is 4.65. The Bertz CT molecular complexity index is 321. The van der Waals surface area contributed by atoms with E-state index in [9.17, 15) is 18.0 Å². The molecule has 3 N–H and O–H groups in total. The molecule has 4 nitrogen and oxygen atoms in total. The number of nitrogens with two attached hydrogens (primary N) is 1. The first kappa shape index (κ1) is 20.2. The Morgan fingerprint density at radius 1 is 1.19 bits per heavy atom. The van der Waals surface area contributed by atoms with Gasteiger partial charge >= 0.3 is 6.18 Å². The van der Waals surface area contributed by atoms with Crippen LogP contribution in [0.25, 0.3) is 0 Å². The van der Waals surface area contributed by atoms with Gasteiger partial charge in [0, 0.05) is 12.6 Å². The number of hydrogen-bond donors (Lipinski definition) is 2. The minimum atomic E-state index is -4.11. The molecule has 0 bridgehead atoms. The highest BCUT2D eigenvalue weighted by Crippen LogP contribution is 2.20. The van der Waals surface area contributed by atoms with E-state index in [1.807, 2.05) is 13.8 Å². The molecule has 0 saturated heterocycles. The lowest BCUT2D eigenvalue weighted by atomic mass is 9.93. The van der Waals surface area contributed by atoms with Crippen molar-refractivity contribution in [3.8, 4) is 0 Å². The lowest BCUT2D eigenvalue weighted by Crippen LogP contribution is -2.55. The fourth-order valence-electron chi connectivity index (χ4n) is 2.19. The van der Waals surface area contributed by atoms with Crippen LogP contribution >= 0.6 is 0 Å². The van der Waals surface area contributed by atoms with E-state index in [4.69, 9.17) is 5.73 Å². The molecule has 0 aliphatic rings. The number of nitrogens with zero attached hydrogens (tertiary/aromatic N) is 1. The van der Waals surface area contributed by atoms with Crippen LogP contribution in [0, 0.1) is 0 Å². The third-order valence-corrected chi connectivity index (χ3v) is 3.39. The first-order chi connectivity index (χ1) is 9.46. The van der Waals surface area contributed by atoms with Crippen molar-refractivity contribution in [2.45, 2.75) is 64.2 Å². The zero-order valence-corrected chi connectivity index (χ0v) is 13.4. The molecule has 0 aromatic heterocycles. The molecule has 0 aromatic carbocycles. The quantitative estimate of drug-likeness (QED) is 0.609. The SMILES string of the molecule is CC(C)NC(C)(CCCCN(C)CCC(F)(F)F)C(N)=O. The number of carbonyl (C=O) groups is 1. The number of amides is 1. The number of halogens is 3. The lowest BCUT2D eigenvalue weighted by Gasteiger charge is -2.30. The zero-order valence-electron chi connectivity index (χ0n) is 13.4. The predicted molar refractivity (Wildman–Crippen MR) is 77.9 cm³/mol. The van der Waals surface area contributed by atoms with Gasteiger partial charge in [-0.25, -0.2) is 0 Å². The second-order valence-corrected chi connectivity index (χ2v) is 6.12. The Morgan fingerprint density at radius 3 is 2.19 bits per heavy atom. The molecule has 126 valence electrons. The number of carbonyl (C=O) groups excluding carboxylic acids is 1. The fraction of sp³-hybridized carbons (Fsp3) is 0.929. The van der Waals surface area contributed by atoms with Crippen LogP contribution in [0.4, 0.5) is 13.2 Å². The number of rotatable bonds is 10. The summed E-state index contributed by atoms with van der Waals surface area (Å²) in [5.74, 6) is -0.401. The molecular weight excluding hydrogens is 283 g/mol. The summed E-state index contributed by atoms with van der Waals surface area (Å²) in [7, 11) is 1.67. The van der Waals surface area contributed by atoms with E-state index >= 15 is 0 Å². The van der Waals surface area contributed by atoms with Crippen LogP contribution in [-0.2, 0) is 4.79 Å².